The summed E-state index contributed by atoms with van der Waals surface area (Å²) in [6.45, 7) is 10.0. The largest absolute Gasteiger partial charge is 0.398 e. The Labute approximate surface area is 116 Å². The minimum Gasteiger partial charge on any atom is -0.398 e. The summed E-state index contributed by atoms with van der Waals surface area (Å²) >= 11 is 0. The Morgan fingerprint density at radius 1 is 1.21 bits per heavy atom. The van der Waals surface area contributed by atoms with E-state index in [0.29, 0.717) is 17.8 Å². The van der Waals surface area contributed by atoms with Crippen molar-refractivity contribution in [2.75, 3.05) is 12.3 Å². The topological polar surface area (TPSA) is 63.4 Å². The van der Waals surface area contributed by atoms with Crippen LogP contribution in [0.2, 0.25) is 0 Å². The molecule has 1 aromatic rings. The third-order valence-corrected chi connectivity index (χ3v) is 5.19. The highest BCUT2D eigenvalue weighted by molar-refractivity contribution is 7.89. The van der Waals surface area contributed by atoms with Gasteiger partial charge in [-0.3, -0.25) is 0 Å². The molecule has 0 bridgehead atoms. The van der Waals surface area contributed by atoms with Crippen molar-refractivity contribution in [3.8, 4) is 0 Å². The first kappa shape index (κ1) is 16.0. The van der Waals surface area contributed by atoms with E-state index in [-0.39, 0.29) is 16.9 Å². The lowest BCUT2D eigenvalue weighted by Crippen LogP contribution is -2.40. The Bertz CT molecular complexity index is 516. The fourth-order valence-corrected chi connectivity index (χ4v) is 4.22. The van der Waals surface area contributed by atoms with Crippen LogP contribution >= 0.6 is 0 Å². The van der Waals surface area contributed by atoms with Crippen LogP contribution in [0.5, 0.6) is 0 Å². The Morgan fingerprint density at radius 3 is 2.21 bits per heavy atom. The highest BCUT2D eigenvalue weighted by atomic mass is 32.2. The van der Waals surface area contributed by atoms with Gasteiger partial charge in [-0.15, -0.1) is 0 Å². The Hall–Kier alpha value is -1.07. The zero-order valence-electron chi connectivity index (χ0n) is 12.3. The van der Waals surface area contributed by atoms with Crippen LogP contribution in [0.3, 0.4) is 0 Å². The van der Waals surface area contributed by atoms with E-state index in [9.17, 15) is 8.42 Å². The second-order valence-electron chi connectivity index (χ2n) is 5.56. The molecule has 0 spiro atoms. The molecule has 108 valence electrons. The second-order valence-corrected chi connectivity index (χ2v) is 7.38. The molecule has 0 aliphatic rings. The first-order chi connectivity index (χ1) is 8.67. The maximum atomic E-state index is 12.8. The predicted molar refractivity (Wildman–Crippen MR) is 79.5 cm³/mol. The third-order valence-electron chi connectivity index (χ3n) is 2.93. The first-order valence-corrected chi connectivity index (χ1v) is 7.98. The maximum absolute atomic E-state index is 12.8. The molecule has 19 heavy (non-hydrogen) atoms. The summed E-state index contributed by atoms with van der Waals surface area (Å²) in [7, 11) is -3.55. The molecule has 4 nitrogen and oxygen atoms in total. The van der Waals surface area contributed by atoms with E-state index in [0.717, 1.165) is 0 Å². The van der Waals surface area contributed by atoms with Gasteiger partial charge in [-0.05, 0) is 38.3 Å². The molecule has 0 amide bonds. The van der Waals surface area contributed by atoms with Gasteiger partial charge in [-0.25, -0.2) is 8.42 Å². The normalized spacial score (nSPS) is 12.6. The van der Waals surface area contributed by atoms with Gasteiger partial charge in [0.2, 0.25) is 10.0 Å². The molecule has 0 heterocycles. The summed E-state index contributed by atoms with van der Waals surface area (Å²) in [4.78, 5) is 0.240. The molecule has 1 rings (SSSR count). The molecular weight excluding hydrogens is 260 g/mol. The highest BCUT2D eigenvalue weighted by Gasteiger charge is 2.30. The molecule has 1 aromatic carbocycles. The lowest BCUT2D eigenvalue weighted by molar-refractivity contribution is 0.319. The Kier molecular flexibility index (Phi) is 4.98. The number of hydrogen-bond acceptors (Lipinski definition) is 3. The van der Waals surface area contributed by atoms with Gasteiger partial charge in [0, 0.05) is 12.6 Å². The van der Waals surface area contributed by atoms with Crippen molar-refractivity contribution in [3.05, 3.63) is 23.8 Å². The first-order valence-electron chi connectivity index (χ1n) is 6.54. The summed E-state index contributed by atoms with van der Waals surface area (Å²) in [6, 6.07) is 5.09. The Morgan fingerprint density at radius 2 is 1.79 bits per heavy atom. The van der Waals surface area contributed by atoms with Gasteiger partial charge in [0.1, 0.15) is 4.90 Å². The van der Waals surface area contributed by atoms with Gasteiger partial charge in [0.25, 0.3) is 0 Å². The third kappa shape index (κ3) is 3.48. The van der Waals surface area contributed by atoms with Crippen LogP contribution in [0.15, 0.2) is 23.1 Å². The van der Waals surface area contributed by atoms with E-state index in [1.54, 1.807) is 25.1 Å². The fourth-order valence-electron chi connectivity index (χ4n) is 2.09. The lowest BCUT2D eigenvalue weighted by Gasteiger charge is -2.28. The zero-order chi connectivity index (χ0) is 14.8. The number of benzene rings is 1. The van der Waals surface area contributed by atoms with E-state index in [1.807, 2.05) is 27.7 Å². The minimum absolute atomic E-state index is 0.0913. The van der Waals surface area contributed by atoms with Gasteiger partial charge >= 0.3 is 0 Å². The summed E-state index contributed by atoms with van der Waals surface area (Å²) in [5, 5.41) is 0. The number of sulfonamides is 1. The average Bonchev–Trinajstić information content (AvgIpc) is 2.24. The predicted octanol–water partition coefficient (Wildman–Crippen LogP) is 2.63. The van der Waals surface area contributed by atoms with Crippen LogP contribution in [0.4, 0.5) is 5.69 Å². The van der Waals surface area contributed by atoms with Crippen molar-refractivity contribution in [2.45, 2.75) is 45.6 Å². The van der Waals surface area contributed by atoms with Gasteiger partial charge in [-0.1, -0.05) is 26.0 Å². The average molecular weight is 284 g/mol. The van der Waals surface area contributed by atoms with Gasteiger partial charge in [-0.2, -0.15) is 4.31 Å². The van der Waals surface area contributed by atoms with E-state index >= 15 is 0 Å². The maximum Gasteiger partial charge on any atom is 0.245 e. The van der Waals surface area contributed by atoms with E-state index in [1.165, 1.54) is 4.31 Å². The van der Waals surface area contributed by atoms with Crippen LogP contribution in [0.1, 0.15) is 33.3 Å². The molecule has 0 aromatic heterocycles. The number of hydrogen-bond donors (Lipinski definition) is 1. The van der Waals surface area contributed by atoms with E-state index < -0.39 is 10.0 Å². The quantitative estimate of drug-likeness (QED) is 0.845. The molecule has 2 N–H and O–H groups in total. The second kappa shape index (κ2) is 5.92. The molecule has 0 aliphatic heterocycles. The number of nitrogen functional groups attached to an aromatic ring is 1. The SMILES string of the molecule is Cc1cccc(N)c1S(=O)(=O)N(CC(C)C)C(C)C. The minimum atomic E-state index is -3.55. The monoisotopic (exact) mass is 284 g/mol. The van der Waals surface area contributed by atoms with Crippen LogP contribution in [-0.4, -0.2) is 25.3 Å². The zero-order valence-corrected chi connectivity index (χ0v) is 13.2. The molecule has 0 aliphatic carbocycles. The van der Waals surface area contributed by atoms with Crippen LogP contribution in [0, 0.1) is 12.8 Å². The number of aryl methyl sites for hydroxylation is 1. The highest BCUT2D eigenvalue weighted by Crippen LogP contribution is 2.27. The Balaban J connectivity index is 3.35. The smallest absolute Gasteiger partial charge is 0.245 e. The standard InChI is InChI=1S/C14H24N2O2S/c1-10(2)9-16(11(3)4)19(17,18)14-12(5)7-6-8-13(14)15/h6-8,10-11H,9,15H2,1-5H3. The molecule has 5 heteroatoms. The summed E-state index contributed by atoms with van der Waals surface area (Å²) in [5.74, 6) is 0.266. The molecule has 0 saturated carbocycles. The van der Waals surface area contributed by atoms with Crippen molar-refractivity contribution >= 4 is 15.7 Å². The van der Waals surface area contributed by atoms with Gasteiger partial charge in [0.05, 0.1) is 5.69 Å². The molecule has 0 radical (unpaired) electrons. The number of anilines is 1. The van der Waals surface area contributed by atoms with Crippen LogP contribution in [0.25, 0.3) is 0 Å². The van der Waals surface area contributed by atoms with Crippen molar-refractivity contribution in [2.24, 2.45) is 5.92 Å². The molecule has 0 saturated heterocycles. The van der Waals surface area contributed by atoms with E-state index in [2.05, 4.69) is 0 Å². The van der Waals surface area contributed by atoms with Crippen molar-refractivity contribution < 1.29 is 8.42 Å². The van der Waals surface area contributed by atoms with Crippen LogP contribution in [-0.2, 0) is 10.0 Å². The van der Waals surface area contributed by atoms with Crippen LogP contribution < -0.4 is 5.73 Å². The molecule has 0 unspecified atom stereocenters. The van der Waals surface area contributed by atoms with Crippen molar-refractivity contribution in [1.29, 1.82) is 0 Å². The number of rotatable bonds is 5. The summed E-state index contributed by atoms with van der Waals surface area (Å²) in [6.07, 6.45) is 0. The number of nitrogens with zero attached hydrogens (tertiary/aromatic N) is 1. The summed E-state index contributed by atoms with van der Waals surface area (Å²) < 4.78 is 27.1. The van der Waals surface area contributed by atoms with E-state index in [4.69, 9.17) is 5.73 Å². The van der Waals surface area contributed by atoms with Crippen molar-refractivity contribution in [3.63, 3.8) is 0 Å². The van der Waals surface area contributed by atoms with Gasteiger partial charge in [0.15, 0.2) is 0 Å². The molecule has 0 atom stereocenters. The number of nitrogens with two attached hydrogens (primary N) is 1. The lowest BCUT2D eigenvalue weighted by atomic mass is 10.2. The fraction of sp³-hybridized carbons (Fsp3) is 0.571. The van der Waals surface area contributed by atoms with Gasteiger partial charge < -0.3 is 5.73 Å². The molecular formula is C14H24N2O2S. The summed E-state index contributed by atoms with van der Waals surface area (Å²) in [5.41, 5.74) is 6.87. The van der Waals surface area contributed by atoms with Crippen molar-refractivity contribution in [1.82, 2.24) is 4.31 Å². The molecule has 0 fully saturated rings.